The fraction of sp³-hybridized carbons (Fsp3) is 0.500. The van der Waals surface area contributed by atoms with Crippen LogP contribution in [0.4, 0.5) is 5.95 Å². The zero-order chi connectivity index (χ0) is 16.2. The van der Waals surface area contributed by atoms with E-state index in [2.05, 4.69) is 34.3 Å². The summed E-state index contributed by atoms with van der Waals surface area (Å²) in [4.78, 5) is 17.1. The zero-order valence-corrected chi connectivity index (χ0v) is 13.6. The fourth-order valence-electron chi connectivity index (χ4n) is 3.55. The summed E-state index contributed by atoms with van der Waals surface area (Å²) in [5.41, 5.74) is 2.71. The molecule has 0 radical (unpaired) electrons. The molecule has 2 aliphatic rings. The number of Topliss-reactive ketones (excluding diaryl/α,β-unsaturated/α-hetero) is 1. The largest absolute Gasteiger partial charge is 0.328 e. The van der Waals surface area contributed by atoms with Crippen LogP contribution < -0.4 is 5.32 Å². The molecule has 0 aromatic carbocycles. The smallest absolute Gasteiger partial charge is 0.226 e. The summed E-state index contributed by atoms with van der Waals surface area (Å²) in [6.45, 7) is 7.08. The highest BCUT2D eigenvalue weighted by molar-refractivity contribution is 6.00. The second kappa shape index (κ2) is 4.78. The van der Waals surface area contributed by atoms with Gasteiger partial charge in [0.25, 0.3) is 0 Å². The monoisotopic (exact) mass is 312 g/mol. The lowest BCUT2D eigenvalue weighted by molar-refractivity contribution is -0.118. The van der Waals surface area contributed by atoms with E-state index >= 15 is 0 Å². The van der Waals surface area contributed by atoms with Crippen molar-refractivity contribution < 1.29 is 4.79 Å². The minimum atomic E-state index is -0.243. The Morgan fingerprint density at radius 1 is 1.35 bits per heavy atom. The first kappa shape index (κ1) is 14.2. The average molecular weight is 312 g/mol. The predicted octanol–water partition coefficient (Wildman–Crippen LogP) is 2.15. The number of aryl methyl sites for hydroxylation is 1. The van der Waals surface area contributed by atoms with Gasteiger partial charge in [0, 0.05) is 36.0 Å². The average Bonchev–Trinajstić information content (AvgIpc) is 3.12. The summed E-state index contributed by atoms with van der Waals surface area (Å²) in [5, 5.41) is 12.0. The molecular weight excluding hydrogens is 292 g/mol. The van der Waals surface area contributed by atoms with Crippen molar-refractivity contribution in [2.45, 2.75) is 46.2 Å². The zero-order valence-electron chi connectivity index (χ0n) is 13.6. The molecule has 7 heteroatoms. The molecule has 0 saturated carbocycles. The molecule has 1 N–H and O–H groups in total. The van der Waals surface area contributed by atoms with E-state index in [1.807, 2.05) is 24.0 Å². The quantitative estimate of drug-likeness (QED) is 0.919. The van der Waals surface area contributed by atoms with Gasteiger partial charge in [-0.05, 0) is 18.8 Å². The molecule has 4 rings (SSSR count). The number of anilines is 1. The predicted molar refractivity (Wildman–Crippen MR) is 84.7 cm³/mol. The highest BCUT2D eigenvalue weighted by atomic mass is 16.1. The normalized spacial score (nSPS) is 22.6. The molecular formula is C16H20N6O. The number of rotatable bonds is 2. The molecule has 2 aromatic rings. The number of carbonyl (C=O) groups excluding carboxylic acids is 1. The van der Waals surface area contributed by atoms with E-state index in [1.54, 1.807) is 4.68 Å². The van der Waals surface area contributed by atoms with Crippen molar-refractivity contribution in [2.75, 3.05) is 5.32 Å². The number of hydrogen-bond donors (Lipinski definition) is 1. The van der Waals surface area contributed by atoms with Gasteiger partial charge in [-0.3, -0.25) is 9.48 Å². The highest BCUT2D eigenvalue weighted by Gasteiger charge is 2.41. The lowest BCUT2D eigenvalue weighted by Crippen LogP contribution is -2.36. The number of allylic oxidation sites excluding steroid dienone is 2. The van der Waals surface area contributed by atoms with Crippen LogP contribution >= 0.6 is 0 Å². The molecule has 0 fully saturated rings. The van der Waals surface area contributed by atoms with Gasteiger partial charge in [-0.15, -0.1) is 0 Å². The van der Waals surface area contributed by atoms with Crippen LogP contribution in [0.5, 0.6) is 0 Å². The Morgan fingerprint density at radius 3 is 2.91 bits per heavy atom. The van der Waals surface area contributed by atoms with Gasteiger partial charge in [0.2, 0.25) is 5.95 Å². The third-order valence-electron chi connectivity index (χ3n) is 4.57. The molecule has 120 valence electrons. The molecule has 1 atom stereocenters. The second-order valence-corrected chi connectivity index (χ2v) is 7.02. The Kier molecular flexibility index (Phi) is 2.94. The highest BCUT2D eigenvalue weighted by Crippen LogP contribution is 2.44. The number of nitrogens with zero attached hydrogens (tertiary/aromatic N) is 5. The van der Waals surface area contributed by atoms with E-state index in [4.69, 9.17) is 0 Å². The molecule has 0 amide bonds. The number of nitrogens with one attached hydrogen (secondary N) is 1. The van der Waals surface area contributed by atoms with Crippen molar-refractivity contribution in [2.24, 2.45) is 5.41 Å². The molecule has 1 unspecified atom stereocenters. The maximum Gasteiger partial charge on any atom is 0.226 e. The Hall–Kier alpha value is -2.44. The van der Waals surface area contributed by atoms with Gasteiger partial charge in [0.05, 0.1) is 6.20 Å². The third-order valence-corrected chi connectivity index (χ3v) is 4.57. The first-order valence-electron chi connectivity index (χ1n) is 7.93. The Morgan fingerprint density at radius 2 is 2.17 bits per heavy atom. The standard InChI is InChI=1S/C16H20N6O/c1-4-21-8-10(7-18-21)14-13-11(5-16(2,3)6-12(13)23)20-15-17-9-19-22(14)15/h7-9,14H,4-6H2,1-3H3,(H,17,19,20). The minimum Gasteiger partial charge on any atom is -0.328 e. The van der Waals surface area contributed by atoms with Crippen LogP contribution in [-0.2, 0) is 11.3 Å². The van der Waals surface area contributed by atoms with Crippen LogP contribution in [0.15, 0.2) is 30.0 Å². The van der Waals surface area contributed by atoms with Crippen LogP contribution in [0.25, 0.3) is 0 Å². The van der Waals surface area contributed by atoms with Crippen molar-refractivity contribution in [3.8, 4) is 0 Å². The molecule has 1 aliphatic carbocycles. The first-order chi connectivity index (χ1) is 11.0. The van der Waals surface area contributed by atoms with Crippen molar-refractivity contribution in [3.05, 3.63) is 35.6 Å². The molecule has 2 aromatic heterocycles. The maximum absolute atomic E-state index is 12.8. The summed E-state index contributed by atoms with van der Waals surface area (Å²) >= 11 is 0. The van der Waals surface area contributed by atoms with E-state index in [-0.39, 0.29) is 17.2 Å². The lowest BCUT2D eigenvalue weighted by atomic mass is 9.73. The van der Waals surface area contributed by atoms with E-state index in [1.165, 1.54) is 6.33 Å². The van der Waals surface area contributed by atoms with E-state index < -0.39 is 0 Å². The van der Waals surface area contributed by atoms with Crippen molar-refractivity contribution in [1.82, 2.24) is 24.5 Å². The van der Waals surface area contributed by atoms with Crippen molar-refractivity contribution in [1.29, 1.82) is 0 Å². The molecule has 23 heavy (non-hydrogen) atoms. The number of ketones is 1. The van der Waals surface area contributed by atoms with Gasteiger partial charge in [0.1, 0.15) is 12.4 Å². The topological polar surface area (TPSA) is 77.6 Å². The number of carbonyl (C=O) groups is 1. The van der Waals surface area contributed by atoms with Crippen molar-refractivity contribution in [3.63, 3.8) is 0 Å². The van der Waals surface area contributed by atoms with Gasteiger partial charge in [-0.25, -0.2) is 4.68 Å². The van der Waals surface area contributed by atoms with Gasteiger partial charge in [-0.1, -0.05) is 13.8 Å². The SMILES string of the molecule is CCn1cc(C2C3=C(CC(C)(C)CC3=O)Nc3ncnn32)cn1. The first-order valence-corrected chi connectivity index (χ1v) is 7.93. The fourth-order valence-corrected chi connectivity index (χ4v) is 3.55. The van der Waals surface area contributed by atoms with E-state index in [9.17, 15) is 4.79 Å². The van der Waals surface area contributed by atoms with Gasteiger partial charge >= 0.3 is 0 Å². The Bertz CT molecular complexity index is 812. The molecule has 1 aliphatic heterocycles. The van der Waals surface area contributed by atoms with Gasteiger partial charge in [-0.2, -0.15) is 15.2 Å². The summed E-state index contributed by atoms with van der Waals surface area (Å²) in [6, 6.07) is -0.243. The lowest BCUT2D eigenvalue weighted by Gasteiger charge is -2.37. The van der Waals surface area contributed by atoms with E-state index in [0.717, 1.165) is 29.8 Å². The Balaban J connectivity index is 1.88. The summed E-state index contributed by atoms with van der Waals surface area (Å²) in [7, 11) is 0. The maximum atomic E-state index is 12.8. The number of aromatic nitrogens is 5. The molecule has 7 nitrogen and oxygen atoms in total. The van der Waals surface area contributed by atoms with Crippen LogP contribution in [0, 0.1) is 5.41 Å². The van der Waals surface area contributed by atoms with Gasteiger partial charge < -0.3 is 5.32 Å². The van der Waals surface area contributed by atoms with E-state index in [0.29, 0.717) is 12.4 Å². The molecule has 0 spiro atoms. The summed E-state index contributed by atoms with van der Waals surface area (Å²) in [5.74, 6) is 0.864. The van der Waals surface area contributed by atoms with Crippen molar-refractivity contribution >= 4 is 11.7 Å². The third kappa shape index (κ3) is 2.18. The summed E-state index contributed by atoms with van der Waals surface area (Å²) in [6.07, 6.45) is 6.71. The Labute approximate surface area is 134 Å². The minimum absolute atomic E-state index is 0.0384. The van der Waals surface area contributed by atoms with Crippen LogP contribution in [0.3, 0.4) is 0 Å². The summed E-state index contributed by atoms with van der Waals surface area (Å²) < 4.78 is 3.65. The number of hydrogen-bond acceptors (Lipinski definition) is 5. The van der Waals surface area contributed by atoms with Crippen LogP contribution in [0.2, 0.25) is 0 Å². The second-order valence-electron chi connectivity index (χ2n) is 7.02. The molecule has 0 bridgehead atoms. The molecule has 3 heterocycles. The van der Waals surface area contributed by atoms with Crippen LogP contribution in [-0.4, -0.2) is 30.3 Å². The van der Waals surface area contributed by atoms with Crippen LogP contribution in [0.1, 0.15) is 45.2 Å². The number of fused-ring (bicyclic) bond motifs is 1. The van der Waals surface area contributed by atoms with Gasteiger partial charge in [0.15, 0.2) is 5.78 Å². The molecule has 0 saturated heterocycles.